The molecule has 0 saturated carbocycles. The number of morpholine rings is 1. The van der Waals surface area contributed by atoms with E-state index in [1.807, 2.05) is 13.0 Å². The van der Waals surface area contributed by atoms with Crippen molar-refractivity contribution in [3.8, 4) is 0 Å². The van der Waals surface area contributed by atoms with Gasteiger partial charge in [-0.1, -0.05) is 12.1 Å². The van der Waals surface area contributed by atoms with E-state index in [9.17, 15) is 4.39 Å². The van der Waals surface area contributed by atoms with Crippen LogP contribution in [0.2, 0.25) is 0 Å². The van der Waals surface area contributed by atoms with Crippen molar-refractivity contribution in [2.24, 2.45) is 0 Å². The first-order valence-electron chi connectivity index (χ1n) is 5.31. The zero-order valence-corrected chi connectivity index (χ0v) is 9.03. The lowest BCUT2D eigenvalue weighted by atomic mass is 10.0. The molecule has 82 valence electrons. The van der Waals surface area contributed by atoms with Crippen molar-refractivity contribution in [3.05, 3.63) is 35.6 Å². The Morgan fingerprint density at radius 3 is 2.93 bits per heavy atom. The molecule has 1 aliphatic rings. The second kappa shape index (κ2) is 4.29. The summed E-state index contributed by atoms with van der Waals surface area (Å²) in [5, 5.41) is 3.35. The smallest absolute Gasteiger partial charge is 0.123 e. The number of hydrogen-bond acceptors (Lipinski definition) is 2. The molecule has 1 aliphatic heterocycles. The third kappa shape index (κ3) is 2.36. The van der Waals surface area contributed by atoms with Gasteiger partial charge in [-0.15, -0.1) is 0 Å². The second-order valence-corrected chi connectivity index (χ2v) is 4.12. The van der Waals surface area contributed by atoms with Crippen molar-refractivity contribution >= 4 is 0 Å². The van der Waals surface area contributed by atoms with Crippen LogP contribution in [-0.2, 0) is 4.74 Å². The van der Waals surface area contributed by atoms with Gasteiger partial charge >= 0.3 is 0 Å². The van der Waals surface area contributed by atoms with E-state index in [1.54, 1.807) is 12.1 Å². The molecule has 1 aromatic carbocycles. The van der Waals surface area contributed by atoms with Crippen LogP contribution in [0.15, 0.2) is 24.3 Å². The molecule has 1 heterocycles. The van der Waals surface area contributed by atoms with Gasteiger partial charge in [0.15, 0.2) is 0 Å². The minimum Gasteiger partial charge on any atom is -0.368 e. The van der Waals surface area contributed by atoms with Crippen LogP contribution >= 0.6 is 0 Å². The van der Waals surface area contributed by atoms with Crippen LogP contribution in [-0.4, -0.2) is 18.7 Å². The zero-order chi connectivity index (χ0) is 10.8. The number of hydrogen-bond donors (Lipinski definition) is 1. The summed E-state index contributed by atoms with van der Waals surface area (Å²) in [4.78, 5) is 0. The molecule has 1 aromatic rings. The summed E-state index contributed by atoms with van der Waals surface area (Å²) in [7, 11) is 0. The third-order valence-electron chi connectivity index (χ3n) is 2.74. The lowest BCUT2D eigenvalue weighted by molar-refractivity contribution is -0.0521. The molecule has 2 rings (SSSR count). The van der Waals surface area contributed by atoms with Crippen molar-refractivity contribution in [2.75, 3.05) is 6.54 Å². The first-order chi connectivity index (χ1) is 7.16. The van der Waals surface area contributed by atoms with Gasteiger partial charge in [0, 0.05) is 12.6 Å². The predicted octanol–water partition coefficient (Wildman–Crippen LogP) is 2.26. The average Bonchev–Trinajstić information content (AvgIpc) is 2.22. The van der Waals surface area contributed by atoms with Crippen molar-refractivity contribution in [1.29, 1.82) is 0 Å². The maximum absolute atomic E-state index is 13.1. The Labute approximate surface area is 89.4 Å². The van der Waals surface area contributed by atoms with E-state index in [4.69, 9.17) is 4.74 Å². The summed E-state index contributed by atoms with van der Waals surface area (Å²) in [6.07, 6.45) is 0.124. The topological polar surface area (TPSA) is 21.3 Å². The van der Waals surface area contributed by atoms with Gasteiger partial charge in [0.05, 0.1) is 12.2 Å². The van der Waals surface area contributed by atoms with Crippen LogP contribution in [0.1, 0.15) is 25.5 Å². The molecule has 0 aliphatic carbocycles. The fourth-order valence-electron chi connectivity index (χ4n) is 1.93. The second-order valence-electron chi connectivity index (χ2n) is 4.12. The van der Waals surface area contributed by atoms with Crippen LogP contribution in [0.25, 0.3) is 0 Å². The Balaban J connectivity index is 2.21. The van der Waals surface area contributed by atoms with Crippen molar-refractivity contribution < 1.29 is 9.13 Å². The van der Waals surface area contributed by atoms with Crippen molar-refractivity contribution in [2.45, 2.75) is 32.1 Å². The van der Waals surface area contributed by atoms with Gasteiger partial charge in [0.25, 0.3) is 0 Å². The van der Waals surface area contributed by atoms with Gasteiger partial charge in [-0.3, -0.25) is 0 Å². The molecule has 0 bridgehead atoms. The Kier molecular flexibility index (Phi) is 3.03. The van der Waals surface area contributed by atoms with E-state index >= 15 is 0 Å². The van der Waals surface area contributed by atoms with Gasteiger partial charge in [0.2, 0.25) is 0 Å². The molecule has 15 heavy (non-hydrogen) atoms. The first kappa shape index (κ1) is 10.6. The highest BCUT2D eigenvalue weighted by molar-refractivity contribution is 5.20. The molecule has 1 N–H and O–H groups in total. The summed E-state index contributed by atoms with van der Waals surface area (Å²) in [6.45, 7) is 4.93. The summed E-state index contributed by atoms with van der Waals surface area (Å²) in [5.41, 5.74) is 0.904. The highest BCUT2D eigenvalue weighted by atomic mass is 19.1. The normalized spacial score (nSPS) is 31.5. The zero-order valence-electron chi connectivity index (χ0n) is 9.03. The molecule has 0 aromatic heterocycles. The Morgan fingerprint density at radius 2 is 2.20 bits per heavy atom. The Morgan fingerprint density at radius 1 is 1.40 bits per heavy atom. The fourth-order valence-corrected chi connectivity index (χ4v) is 1.93. The standard InChI is InChI=1S/C12H16FNO/c1-8-7-14-9(2)12(15-8)10-4-3-5-11(13)6-10/h3-6,8-9,12,14H,7H2,1-2H3. The number of ether oxygens (including phenoxy) is 1. The van der Waals surface area contributed by atoms with Gasteiger partial charge in [-0.05, 0) is 31.5 Å². The van der Waals surface area contributed by atoms with E-state index < -0.39 is 0 Å². The summed E-state index contributed by atoms with van der Waals surface area (Å²) < 4.78 is 18.9. The lowest BCUT2D eigenvalue weighted by Gasteiger charge is -2.34. The molecule has 0 spiro atoms. The van der Waals surface area contributed by atoms with Crippen LogP contribution in [0.5, 0.6) is 0 Å². The highest BCUT2D eigenvalue weighted by Crippen LogP contribution is 2.26. The monoisotopic (exact) mass is 209 g/mol. The van der Waals surface area contributed by atoms with E-state index in [2.05, 4.69) is 12.2 Å². The minimum atomic E-state index is -0.207. The highest BCUT2D eigenvalue weighted by Gasteiger charge is 2.26. The molecular formula is C12H16FNO. The van der Waals surface area contributed by atoms with E-state index in [0.29, 0.717) is 0 Å². The first-order valence-corrected chi connectivity index (χ1v) is 5.31. The molecule has 0 amide bonds. The van der Waals surface area contributed by atoms with Crippen LogP contribution in [0.4, 0.5) is 4.39 Å². The van der Waals surface area contributed by atoms with Crippen LogP contribution < -0.4 is 5.32 Å². The lowest BCUT2D eigenvalue weighted by Crippen LogP contribution is -2.45. The van der Waals surface area contributed by atoms with Crippen LogP contribution in [0.3, 0.4) is 0 Å². The minimum absolute atomic E-state index is 0.0514. The summed E-state index contributed by atoms with van der Waals surface area (Å²) >= 11 is 0. The van der Waals surface area contributed by atoms with E-state index in [0.717, 1.165) is 12.1 Å². The predicted molar refractivity (Wildman–Crippen MR) is 57.2 cm³/mol. The maximum Gasteiger partial charge on any atom is 0.123 e. The maximum atomic E-state index is 13.1. The molecule has 1 saturated heterocycles. The quantitative estimate of drug-likeness (QED) is 0.766. The van der Waals surface area contributed by atoms with Gasteiger partial charge < -0.3 is 10.1 Å². The Bertz CT molecular complexity index is 342. The SMILES string of the molecule is CC1CNC(C)C(c2cccc(F)c2)O1. The Hall–Kier alpha value is -0.930. The molecule has 3 atom stereocenters. The largest absolute Gasteiger partial charge is 0.368 e. The molecule has 1 fully saturated rings. The summed E-state index contributed by atoms with van der Waals surface area (Å²) in [6, 6.07) is 6.85. The molecule has 2 nitrogen and oxygen atoms in total. The van der Waals surface area contributed by atoms with Gasteiger partial charge in [-0.2, -0.15) is 0 Å². The number of benzene rings is 1. The summed E-state index contributed by atoms with van der Waals surface area (Å²) in [5.74, 6) is -0.207. The average molecular weight is 209 g/mol. The molecular weight excluding hydrogens is 193 g/mol. The molecule has 3 unspecified atom stereocenters. The van der Waals surface area contributed by atoms with E-state index in [1.165, 1.54) is 6.07 Å². The van der Waals surface area contributed by atoms with E-state index in [-0.39, 0.29) is 24.1 Å². The van der Waals surface area contributed by atoms with Crippen molar-refractivity contribution in [3.63, 3.8) is 0 Å². The third-order valence-corrected chi connectivity index (χ3v) is 2.74. The molecule has 3 heteroatoms. The fraction of sp³-hybridized carbons (Fsp3) is 0.500. The van der Waals surface area contributed by atoms with Crippen LogP contribution in [0, 0.1) is 5.82 Å². The molecule has 0 radical (unpaired) electrons. The van der Waals surface area contributed by atoms with Crippen molar-refractivity contribution in [1.82, 2.24) is 5.32 Å². The number of nitrogens with one attached hydrogen (secondary N) is 1. The van der Waals surface area contributed by atoms with Gasteiger partial charge in [-0.25, -0.2) is 4.39 Å². The number of halogens is 1. The van der Waals surface area contributed by atoms with Gasteiger partial charge in [0.1, 0.15) is 5.82 Å². The number of rotatable bonds is 1.